The summed E-state index contributed by atoms with van der Waals surface area (Å²) < 4.78 is 5.65. The highest BCUT2D eigenvalue weighted by Gasteiger charge is 2.28. The van der Waals surface area contributed by atoms with Crippen molar-refractivity contribution < 1.29 is 9.84 Å². The fourth-order valence-electron chi connectivity index (χ4n) is 2.72. The third-order valence-electron chi connectivity index (χ3n) is 3.92. The van der Waals surface area contributed by atoms with Gasteiger partial charge in [0.25, 0.3) is 0 Å². The maximum absolute atomic E-state index is 10.7. The van der Waals surface area contributed by atoms with Crippen LogP contribution in [0.15, 0.2) is 42.5 Å². The van der Waals surface area contributed by atoms with Crippen molar-refractivity contribution in [3.05, 3.63) is 64.2 Å². The first kappa shape index (κ1) is 13.5. The van der Waals surface area contributed by atoms with E-state index in [9.17, 15) is 5.11 Å². The van der Waals surface area contributed by atoms with E-state index in [1.165, 1.54) is 0 Å². The Hall–Kier alpha value is -1.51. The maximum Gasteiger partial charge on any atom is 0.122 e. The Kier molecular flexibility index (Phi) is 3.68. The SMILES string of the molecule is Cc1ccc(C(O)C2CCOc3ccccc32)cc1Cl. The van der Waals surface area contributed by atoms with Gasteiger partial charge in [-0.15, -0.1) is 0 Å². The number of aliphatic hydroxyl groups excluding tert-OH is 1. The molecule has 2 aromatic carbocycles. The number of fused-ring (bicyclic) bond motifs is 1. The molecule has 104 valence electrons. The molecule has 0 aliphatic carbocycles. The molecule has 0 fully saturated rings. The number of aliphatic hydroxyl groups is 1. The first-order valence-corrected chi connectivity index (χ1v) is 7.20. The van der Waals surface area contributed by atoms with Crippen molar-refractivity contribution in [1.29, 1.82) is 0 Å². The molecule has 0 saturated heterocycles. The number of aryl methyl sites for hydroxylation is 1. The van der Waals surface area contributed by atoms with Crippen molar-refractivity contribution in [2.24, 2.45) is 0 Å². The van der Waals surface area contributed by atoms with Crippen LogP contribution in [0.1, 0.15) is 35.1 Å². The minimum Gasteiger partial charge on any atom is -0.493 e. The van der Waals surface area contributed by atoms with Crippen LogP contribution in [-0.2, 0) is 0 Å². The molecule has 0 saturated carbocycles. The van der Waals surface area contributed by atoms with E-state index in [2.05, 4.69) is 0 Å². The molecule has 20 heavy (non-hydrogen) atoms. The average Bonchev–Trinajstić information content (AvgIpc) is 2.49. The molecule has 1 aliphatic heterocycles. The molecule has 0 aromatic heterocycles. The van der Waals surface area contributed by atoms with Crippen LogP contribution in [0.2, 0.25) is 5.02 Å². The standard InChI is InChI=1S/C17H17ClO2/c1-11-6-7-12(10-15(11)18)17(19)14-8-9-20-16-5-3-2-4-13(14)16/h2-7,10,14,17,19H,8-9H2,1H3. The molecule has 0 amide bonds. The lowest BCUT2D eigenvalue weighted by Crippen LogP contribution is -2.20. The lowest BCUT2D eigenvalue weighted by molar-refractivity contribution is 0.117. The van der Waals surface area contributed by atoms with Gasteiger partial charge in [0.05, 0.1) is 12.7 Å². The summed E-state index contributed by atoms with van der Waals surface area (Å²) in [5.74, 6) is 0.930. The van der Waals surface area contributed by atoms with Gasteiger partial charge in [0.2, 0.25) is 0 Å². The van der Waals surface area contributed by atoms with E-state index in [1.54, 1.807) is 0 Å². The molecular formula is C17H17ClO2. The molecule has 3 heteroatoms. The zero-order valence-corrected chi connectivity index (χ0v) is 12.1. The van der Waals surface area contributed by atoms with Gasteiger partial charge in [-0.25, -0.2) is 0 Å². The van der Waals surface area contributed by atoms with E-state index < -0.39 is 6.10 Å². The zero-order valence-electron chi connectivity index (χ0n) is 11.3. The predicted molar refractivity (Wildman–Crippen MR) is 80.4 cm³/mol. The predicted octanol–water partition coefficient (Wildman–Crippen LogP) is 4.25. The molecule has 0 spiro atoms. The van der Waals surface area contributed by atoms with Crippen molar-refractivity contribution in [3.63, 3.8) is 0 Å². The normalized spacial score (nSPS) is 19.1. The fraction of sp³-hybridized carbons (Fsp3) is 0.294. The molecule has 3 rings (SSSR count). The molecular weight excluding hydrogens is 272 g/mol. The molecule has 2 nitrogen and oxygen atoms in total. The molecule has 1 N–H and O–H groups in total. The van der Waals surface area contributed by atoms with Crippen LogP contribution >= 0.6 is 11.6 Å². The Bertz CT molecular complexity index is 624. The Morgan fingerprint density at radius 3 is 2.85 bits per heavy atom. The van der Waals surface area contributed by atoms with Gasteiger partial charge in [0.15, 0.2) is 0 Å². The van der Waals surface area contributed by atoms with Gasteiger partial charge in [-0.3, -0.25) is 0 Å². The van der Waals surface area contributed by atoms with E-state index in [0.717, 1.165) is 28.9 Å². The second-order valence-electron chi connectivity index (χ2n) is 5.23. The molecule has 0 bridgehead atoms. The third-order valence-corrected chi connectivity index (χ3v) is 4.33. The van der Waals surface area contributed by atoms with Gasteiger partial charge >= 0.3 is 0 Å². The summed E-state index contributed by atoms with van der Waals surface area (Å²) in [5, 5.41) is 11.4. The Morgan fingerprint density at radius 1 is 1.25 bits per heavy atom. The number of hydrogen-bond donors (Lipinski definition) is 1. The molecule has 1 aliphatic rings. The maximum atomic E-state index is 10.7. The van der Waals surface area contributed by atoms with Gasteiger partial charge in [0.1, 0.15) is 5.75 Å². The highest BCUT2D eigenvalue weighted by atomic mass is 35.5. The first-order valence-electron chi connectivity index (χ1n) is 6.82. The Balaban J connectivity index is 1.95. The topological polar surface area (TPSA) is 29.5 Å². The minimum atomic E-state index is -0.557. The lowest BCUT2D eigenvalue weighted by Gasteiger charge is -2.29. The summed E-state index contributed by atoms with van der Waals surface area (Å²) in [6.45, 7) is 2.60. The van der Waals surface area contributed by atoms with Crippen LogP contribution in [0.4, 0.5) is 0 Å². The molecule has 2 aromatic rings. The van der Waals surface area contributed by atoms with Crippen molar-refractivity contribution in [2.45, 2.75) is 25.4 Å². The Morgan fingerprint density at radius 2 is 2.05 bits per heavy atom. The van der Waals surface area contributed by atoms with Crippen LogP contribution in [-0.4, -0.2) is 11.7 Å². The average molecular weight is 289 g/mol. The van der Waals surface area contributed by atoms with E-state index in [-0.39, 0.29) is 5.92 Å². The van der Waals surface area contributed by atoms with Crippen LogP contribution in [0.25, 0.3) is 0 Å². The van der Waals surface area contributed by atoms with Gasteiger partial charge < -0.3 is 9.84 Å². The second kappa shape index (κ2) is 5.47. The molecule has 2 unspecified atom stereocenters. The minimum absolute atomic E-state index is 0.0544. The number of para-hydroxylation sites is 1. The van der Waals surface area contributed by atoms with E-state index in [0.29, 0.717) is 11.6 Å². The van der Waals surface area contributed by atoms with Crippen molar-refractivity contribution in [3.8, 4) is 5.75 Å². The summed E-state index contributed by atoms with van der Waals surface area (Å²) in [6.07, 6.45) is 0.252. The Labute approximate surface area is 124 Å². The summed E-state index contributed by atoms with van der Waals surface area (Å²) in [4.78, 5) is 0. The molecule has 0 radical (unpaired) electrons. The van der Waals surface area contributed by atoms with Crippen LogP contribution < -0.4 is 4.74 Å². The zero-order chi connectivity index (χ0) is 14.1. The smallest absolute Gasteiger partial charge is 0.122 e. The highest BCUT2D eigenvalue weighted by molar-refractivity contribution is 6.31. The van der Waals surface area contributed by atoms with E-state index in [4.69, 9.17) is 16.3 Å². The summed E-state index contributed by atoms with van der Waals surface area (Å²) in [5.41, 5.74) is 2.96. The van der Waals surface area contributed by atoms with Crippen LogP contribution in [0.5, 0.6) is 5.75 Å². The fourth-order valence-corrected chi connectivity index (χ4v) is 2.91. The van der Waals surface area contributed by atoms with Gasteiger partial charge in [-0.1, -0.05) is 41.9 Å². The van der Waals surface area contributed by atoms with Crippen LogP contribution in [0.3, 0.4) is 0 Å². The van der Waals surface area contributed by atoms with Gasteiger partial charge in [0, 0.05) is 16.5 Å². The van der Waals surface area contributed by atoms with Crippen molar-refractivity contribution in [1.82, 2.24) is 0 Å². The molecule has 1 heterocycles. The summed E-state index contributed by atoms with van der Waals surface area (Å²) in [7, 11) is 0. The quantitative estimate of drug-likeness (QED) is 0.895. The highest BCUT2D eigenvalue weighted by Crippen LogP contribution is 2.41. The lowest BCUT2D eigenvalue weighted by atomic mass is 9.85. The number of ether oxygens (including phenoxy) is 1. The molecule has 2 atom stereocenters. The van der Waals surface area contributed by atoms with Gasteiger partial charge in [-0.05, 0) is 36.6 Å². The number of halogens is 1. The van der Waals surface area contributed by atoms with E-state index in [1.807, 2.05) is 49.4 Å². The summed E-state index contributed by atoms with van der Waals surface area (Å²) in [6, 6.07) is 13.7. The third kappa shape index (κ3) is 2.41. The number of rotatable bonds is 2. The number of benzene rings is 2. The van der Waals surface area contributed by atoms with Crippen LogP contribution in [0, 0.1) is 6.92 Å². The van der Waals surface area contributed by atoms with E-state index >= 15 is 0 Å². The monoisotopic (exact) mass is 288 g/mol. The largest absolute Gasteiger partial charge is 0.493 e. The number of hydrogen-bond acceptors (Lipinski definition) is 2. The first-order chi connectivity index (χ1) is 9.66. The van der Waals surface area contributed by atoms with Crippen molar-refractivity contribution >= 4 is 11.6 Å². The second-order valence-corrected chi connectivity index (χ2v) is 5.64. The van der Waals surface area contributed by atoms with Crippen molar-refractivity contribution in [2.75, 3.05) is 6.61 Å². The van der Waals surface area contributed by atoms with Gasteiger partial charge in [-0.2, -0.15) is 0 Å². The summed E-state index contributed by atoms with van der Waals surface area (Å²) >= 11 is 6.16.